The molecule has 0 aliphatic rings. The van der Waals surface area contributed by atoms with Gasteiger partial charge in [0.1, 0.15) is 6.54 Å². The fraction of sp³-hybridized carbons (Fsp3) is 0.429. The Labute approximate surface area is 113 Å². The standard InChI is InChI=1S/C14H19NO4/c1-4-19-13(16)9-15(2)14(17)12-7-5-11(6-8-12)10-18-3/h5-8H,4,9-10H2,1-3H3. The Kier molecular flexibility index (Phi) is 6.02. The molecule has 0 N–H and O–H groups in total. The van der Waals surface area contributed by atoms with Crippen molar-refractivity contribution in [2.45, 2.75) is 13.5 Å². The van der Waals surface area contributed by atoms with E-state index in [1.165, 1.54) is 4.90 Å². The zero-order chi connectivity index (χ0) is 14.3. The molecule has 0 unspecified atom stereocenters. The molecule has 19 heavy (non-hydrogen) atoms. The summed E-state index contributed by atoms with van der Waals surface area (Å²) in [4.78, 5) is 24.7. The van der Waals surface area contributed by atoms with Crippen molar-refractivity contribution in [2.75, 3.05) is 27.3 Å². The van der Waals surface area contributed by atoms with E-state index in [-0.39, 0.29) is 12.5 Å². The first-order valence-electron chi connectivity index (χ1n) is 6.07. The molecule has 5 heteroatoms. The molecule has 0 radical (unpaired) electrons. The molecule has 104 valence electrons. The quantitative estimate of drug-likeness (QED) is 0.731. The van der Waals surface area contributed by atoms with Crippen LogP contribution < -0.4 is 0 Å². The number of methoxy groups -OCH3 is 1. The topological polar surface area (TPSA) is 55.8 Å². The van der Waals surface area contributed by atoms with E-state index in [1.54, 1.807) is 33.2 Å². The van der Waals surface area contributed by atoms with Crippen LogP contribution in [-0.2, 0) is 20.9 Å². The lowest BCUT2D eigenvalue weighted by molar-refractivity contribution is -0.143. The van der Waals surface area contributed by atoms with Crippen molar-refractivity contribution in [3.8, 4) is 0 Å². The number of likely N-dealkylation sites (N-methyl/N-ethyl adjacent to an activating group) is 1. The Bertz CT molecular complexity index is 428. The Hall–Kier alpha value is -1.88. The van der Waals surface area contributed by atoms with Crippen molar-refractivity contribution in [2.24, 2.45) is 0 Å². The smallest absolute Gasteiger partial charge is 0.325 e. The van der Waals surface area contributed by atoms with Crippen molar-refractivity contribution < 1.29 is 19.1 Å². The van der Waals surface area contributed by atoms with Gasteiger partial charge in [-0.05, 0) is 24.6 Å². The number of amides is 1. The van der Waals surface area contributed by atoms with Crippen LogP contribution in [-0.4, -0.2) is 44.1 Å². The summed E-state index contributed by atoms with van der Waals surface area (Å²) in [5, 5.41) is 0. The summed E-state index contributed by atoms with van der Waals surface area (Å²) in [6.45, 7) is 2.50. The number of rotatable bonds is 6. The van der Waals surface area contributed by atoms with Crippen LogP contribution in [0.1, 0.15) is 22.8 Å². The first kappa shape index (κ1) is 15.2. The van der Waals surface area contributed by atoms with Crippen LogP contribution in [0.25, 0.3) is 0 Å². The molecule has 0 saturated heterocycles. The Morgan fingerprint density at radius 1 is 1.21 bits per heavy atom. The lowest BCUT2D eigenvalue weighted by Crippen LogP contribution is -2.33. The van der Waals surface area contributed by atoms with E-state index in [4.69, 9.17) is 9.47 Å². The monoisotopic (exact) mass is 265 g/mol. The Morgan fingerprint density at radius 3 is 2.37 bits per heavy atom. The van der Waals surface area contributed by atoms with Gasteiger partial charge in [-0.15, -0.1) is 0 Å². The van der Waals surface area contributed by atoms with Crippen molar-refractivity contribution in [1.82, 2.24) is 4.90 Å². The molecule has 0 fully saturated rings. The number of nitrogens with zero attached hydrogens (tertiary/aromatic N) is 1. The van der Waals surface area contributed by atoms with Gasteiger partial charge in [-0.2, -0.15) is 0 Å². The highest BCUT2D eigenvalue weighted by atomic mass is 16.5. The Balaban J connectivity index is 2.63. The highest BCUT2D eigenvalue weighted by Crippen LogP contribution is 2.08. The summed E-state index contributed by atoms with van der Waals surface area (Å²) in [5.74, 6) is -0.619. The lowest BCUT2D eigenvalue weighted by atomic mass is 10.1. The van der Waals surface area contributed by atoms with Gasteiger partial charge in [0.25, 0.3) is 5.91 Å². The maximum Gasteiger partial charge on any atom is 0.325 e. The zero-order valence-corrected chi connectivity index (χ0v) is 11.5. The second kappa shape index (κ2) is 7.53. The van der Waals surface area contributed by atoms with Crippen LogP contribution in [0, 0.1) is 0 Å². The van der Waals surface area contributed by atoms with Crippen LogP contribution in [0.2, 0.25) is 0 Å². The van der Waals surface area contributed by atoms with Crippen molar-refractivity contribution in [3.05, 3.63) is 35.4 Å². The molecular weight excluding hydrogens is 246 g/mol. The van der Waals surface area contributed by atoms with E-state index in [0.717, 1.165) is 5.56 Å². The fourth-order valence-corrected chi connectivity index (χ4v) is 1.60. The Morgan fingerprint density at radius 2 is 1.84 bits per heavy atom. The number of carbonyl (C=O) groups excluding carboxylic acids is 2. The van der Waals surface area contributed by atoms with Gasteiger partial charge >= 0.3 is 5.97 Å². The second-order valence-corrected chi connectivity index (χ2v) is 4.10. The first-order chi connectivity index (χ1) is 9.08. The minimum Gasteiger partial charge on any atom is -0.465 e. The molecule has 0 saturated carbocycles. The van der Waals surface area contributed by atoms with Crippen LogP contribution in [0.4, 0.5) is 0 Å². The molecule has 0 spiro atoms. The molecule has 1 aromatic carbocycles. The predicted octanol–water partition coefficient (Wildman–Crippen LogP) is 1.47. The third-order valence-electron chi connectivity index (χ3n) is 2.53. The largest absolute Gasteiger partial charge is 0.465 e. The van der Waals surface area contributed by atoms with Gasteiger partial charge in [-0.3, -0.25) is 9.59 Å². The molecule has 1 amide bonds. The number of esters is 1. The molecule has 0 aliphatic heterocycles. The van der Waals surface area contributed by atoms with Crippen LogP contribution >= 0.6 is 0 Å². The molecule has 0 bridgehead atoms. The van der Waals surface area contributed by atoms with Gasteiger partial charge in [-0.25, -0.2) is 0 Å². The second-order valence-electron chi connectivity index (χ2n) is 4.10. The number of benzene rings is 1. The third kappa shape index (κ3) is 4.71. The summed E-state index contributed by atoms with van der Waals surface area (Å²) < 4.78 is 9.80. The lowest BCUT2D eigenvalue weighted by Gasteiger charge is -2.16. The summed E-state index contributed by atoms with van der Waals surface area (Å²) in [6, 6.07) is 7.10. The summed E-state index contributed by atoms with van der Waals surface area (Å²) in [6.07, 6.45) is 0. The van der Waals surface area contributed by atoms with E-state index in [2.05, 4.69) is 0 Å². The molecule has 5 nitrogen and oxygen atoms in total. The average molecular weight is 265 g/mol. The number of ether oxygens (including phenoxy) is 2. The van der Waals surface area contributed by atoms with E-state index >= 15 is 0 Å². The van der Waals surface area contributed by atoms with E-state index < -0.39 is 5.97 Å². The molecule has 0 aromatic heterocycles. The number of hydrogen-bond donors (Lipinski definition) is 0. The van der Waals surface area contributed by atoms with E-state index in [9.17, 15) is 9.59 Å². The van der Waals surface area contributed by atoms with E-state index in [1.807, 2.05) is 12.1 Å². The average Bonchev–Trinajstić information content (AvgIpc) is 2.39. The third-order valence-corrected chi connectivity index (χ3v) is 2.53. The number of carbonyl (C=O) groups is 2. The SMILES string of the molecule is CCOC(=O)CN(C)C(=O)c1ccc(COC)cc1. The maximum atomic E-state index is 12.0. The van der Waals surface area contributed by atoms with Gasteiger partial charge in [0.05, 0.1) is 13.2 Å². The molecule has 0 heterocycles. The van der Waals surface area contributed by atoms with Crippen molar-refractivity contribution in [3.63, 3.8) is 0 Å². The van der Waals surface area contributed by atoms with Gasteiger partial charge in [0.2, 0.25) is 0 Å². The molecular formula is C14H19NO4. The van der Waals surface area contributed by atoms with Crippen LogP contribution in [0.5, 0.6) is 0 Å². The molecule has 0 aliphatic carbocycles. The summed E-state index contributed by atoms with van der Waals surface area (Å²) in [7, 11) is 3.19. The minimum atomic E-state index is -0.408. The summed E-state index contributed by atoms with van der Waals surface area (Å²) in [5.41, 5.74) is 1.53. The predicted molar refractivity (Wildman–Crippen MR) is 70.7 cm³/mol. The zero-order valence-electron chi connectivity index (χ0n) is 11.5. The molecule has 0 atom stereocenters. The number of hydrogen-bond acceptors (Lipinski definition) is 4. The van der Waals surface area contributed by atoms with Crippen molar-refractivity contribution in [1.29, 1.82) is 0 Å². The highest BCUT2D eigenvalue weighted by molar-refractivity contribution is 5.95. The first-order valence-corrected chi connectivity index (χ1v) is 6.07. The fourth-order valence-electron chi connectivity index (χ4n) is 1.60. The van der Waals surface area contributed by atoms with E-state index in [0.29, 0.717) is 18.8 Å². The maximum absolute atomic E-state index is 12.0. The van der Waals surface area contributed by atoms with Crippen LogP contribution in [0.15, 0.2) is 24.3 Å². The normalized spacial score (nSPS) is 10.1. The minimum absolute atomic E-state index is 0.0491. The van der Waals surface area contributed by atoms with Crippen molar-refractivity contribution >= 4 is 11.9 Å². The highest BCUT2D eigenvalue weighted by Gasteiger charge is 2.15. The molecule has 1 aromatic rings. The van der Waals surface area contributed by atoms with Gasteiger partial charge in [0, 0.05) is 19.7 Å². The van der Waals surface area contributed by atoms with Gasteiger partial charge in [0.15, 0.2) is 0 Å². The van der Waals surface area contributed by atoms with Gasteiger partial charge in [-0.1, -0.05) is 12.1 Å². The summed E-state index contributed by atoms with van der Waals surface area (Å²) >= 11 is 0. The molecule has 1 rings (SSSR count). The van der Waals surface area contributed by atoms with Crippen LogP contribution in [0.3, 0.4) is 0 Å². The van der Waals surface area contributed by atoms with Gasteiger partial charge < -0.3 is 14.4 Å².